The van der Waals surface area contributed by atoms with Gasteiger partial charge in [-0.15, -0.1) is 0 Å². The highest BCUT2D eigenvalue weighted by Crippen LogP contribution is 2.31. The normalized spacial score (nSPS) is 11.2. The van der Waals surface area contributed by atoms with E-state index < -0.39 is 0 Å². The molecular formula is C15H19N7. The Morgan fingerprint density at radius 3 is 2.82 bits per heavy atom. The van der Waals surface area contributed by atoms with Crippen molar-refractivity contribution >= 4 is 22.7 Å². The zero-order valence-electron chi connectivity index (χ0n) is 12.7. The third-order valence-electron chi connectivity index (χ3n) is 3.40. The first-order valence-electron chi connectivity index (χ1n) is 7.09. The van der Waals surface area contributed by atoms with Crippen LogP contribution in [0, 0.1) is 0 Å². The molecule has 0 aliphatic heterocycles. The average molecular weight is 297 g/mol. The van der Waals surface area contributed by atoms with Gasteiger partial charge in [-0.1, -0.05) is 0 Å². The van der Waals surface area contributed by atoms with Gasteiger partial charge in [0.1, 0.15) is 5.65 Å². The maximum absolute atomic E-state index is 5.69. The zero-order valence-corrected chi connectivity index (χ0v) is 12.7. The zero-order chi connectivity index (χ0) is 15.5. The van der Waals surface area contributed by atoms with E-state index in [-0.39, 0.29) is 5.95 Å². The highest BCUT2D eigenvalue weighted by Gasteiger charge is 2.12. The van der Waals surface area contributed by atoms with Crippen LogP contribution >= 0.6 is 0 Å². The van der Waals surface area contributed by atoms with E-state index in [1.165, 1.54) is 0 Å². The van der Waals surface area contributed by atoms with Crippen molar-refractivity contribution in [2.24, 2.45) is 0 Å². The van der Waals surface area contributed by atoms with E-state index in [9.17, 15) is 0 Å². The molecule has 22 heavy (non-hydrogen) atoms. The van der Waals surface area contributed by atoms with Crippen molar-refractivity contribution in [3.05, 3.63) is 30.7 Å². The molecule has 0 aliphatic rings. The molecule has 4 N–H and O–H groups in total. The highest BCUT2D eigenvalue weighted by molar-refractivity contribution is 6.01. The number of likely N-dealkylation sites (N-methyl/N-ethyl adjacent to an activating group) is 1. The van der Waals surface area contributed by atoms with E-state index in [0.29, 0.717) is 0 Å². The summed E-state index contributed by atoms with van der Waals surface area (Å²) in [6, 6.07) is 3.81. The minimum absolute atomic E-state index is 0.262. The summed E-state index contributed by atoms with van der Waals surface area (Å²) in [4.78, 5) is 17.9. The summed E-state index contributed by atoms with van der Waals surface area (Å²) >= 11 is 0. The van der Waals surface area contributed by atoms with Gasteiger partial charge in [0, 0.05) is 42.9 Å². The van der Waals surface area contributed by atoms with E-state index in [0.717, 1.165) is 41.1 Å². The summed E-state index contributed by atoms with van der Waals surface area (Å²) in [5.74, 6) is 0.262. The van der Waals surface area contributed by atoms with Gasteiger partial charge in [-0.25, -0.2) is 15.0 Å². The fourth-order valence-electron chi connectivity index (χ4n) is 2.34. The van der Waals surface area contributed by atoms with Gasteiger partial charge in [0.2, 0.25) is 5.95 Å². The summed E-state index contributed by atoms with van der Waals surface area (Å²) in [5, 5.41) is 4.47. The third-order valence-corrected chi connectivity index (χ3v) is 3.40. The number of aromatic nitrogens is 4. The molecule has 7 nitrogen and oxygen atoms in total. The van der Waals surface area contributed by atoms with Gasteiger partial charge in [0.05, 0.1) is 11.1 Å². The summed E-state index contributed by atoms with van der Waals surface area (Å²) < 4.78 is 0. The minimum atomic E-state index is 0.262. The Kier molecular flexibility index (Phi) is 3.88. The molecule has 0 saturated carbocycles. The van der Waals surface area contributed by atoms with Gasteiger partial charge in [-0.05, 0) is 26.2 Å². The minimum Gasteiger partial charge on any atom is -0.383 e. The van der Waals surface area contributed by atoms with Crippen molar-refractivity contribution in [2.45, 2.75) is 0 Å². The van der Waals surface area contributed by atoms with Crippen LogP contribution in [0.15, 0.2) is 30.7 Å². The molecule has 0 aliphatic carbocycles. The lowest BCUT2D eigenvalue weighted by Crippen LogP contribution is -2.20. The number of hydrogen-bond donors (Lipinski definition) is 3. The number of aromatic amines is 1. The molecular weight excluding hydrogens is 278 g/mol. The molecule has 0 radical (unpaired) electrons. The predicted molar refractivity (Wildman–Crippen MR) is 88.6 cm³/mol. The lowest BCUT2D eigenvalue weighted by molar-refractivity contribution is 0.425. The highest BCUT2D eigenvalue weighted by atomic mass is 15.1. The molecule has 0 fully saturated rings. The van der Waals surface area contributed by atoms with Crippen LogP contribution in [-0.2, 0) is 0 Å². The monoisotopic (exact) mass is 297 g/mol. The van der Waals surface area contributed by atoms with E-state index in [2.05, 4.69) is 44.2 Å². The molecule has 3 rings (SSSR count). The van der Waals surface area contributed by atoms with Crippen LogP contribution in [0.5, 0.6) is 0 Å². The Bertz CT molecular complexity index is 778. The van der Waals surface area contributed by atoms with Crippen LogP contribution in [0.3, 0.4) is 0 Å². The van der Waals surface area contributed by atoms with Crippen molar-refractivity contribution < 1.29 is 0 Å². The van der Waals surface area contributed by atoms with Gasteiger partial charge in [0.25, 0.3) is 0 Å². The Balaban J connectivity index is 2.01. The molecule has 0 aromatic carbocycles. The maximum Gasteiger partial charge on any atom is 0.220 e. The number of nitrogens with one attached hydrogen (secondary N) is 2. The summed E-state index contributed by atoms with van der Waals surface area (Å²) in [6.07, 6.45) is 5.34. The number of nitrogen functional groups attached to an aromatic ring is 1. The molecule has 0 saturated heterocycles. The quantitative estimate of drug-likeness (QED) is 0.661. The van der Waals surface area contributed by atoms with E-state index in [4.69, 9.17) is 5.73 Å². The van der Waals surface area contributed by atoms with Crippen molar-refractivity contribution in [1.29, 1.82) is 0 Å². The van der Waals surface area contributed by atoms with Crippen LogP contribution in [-0.4, -0.2) is 52.0 Å². The fraction of sp³-hybridized carbons (Fsp3) is 0.267. The molecule has 0 amide bonds. The molecule has 3 aromatic rings. The fourth-order valence-corrected chi connectivity index (χ4v) is 2.34. The first-order chi connectivity index (χ1) is 10.6. The van der Waals surface area contributed by atoms with Crippen LogP contribution < -0.4 is 11.1 Å². The Labute approximate surface area is 128 Å². The van der Waals surface area contributed by atoms with Gasteiger partial charge < -0.3 is 20.9 Å². The molecule has 3 heterocycles. The Morgan fingerprint density at radius 2 is 2.05 bits per heavy atom. The summed E-state index contributed by atoms with van der Waals surface area (Å²) in [6.45, 7) is 1.80. The van der Waals surface area contributed by atoms with E-state index in [1.807, 2.05) is 18.3 Å². The van der Waals surface area contributed by atoms with Crippen molar-refractivity contribution in [3.63, 3.8) is 0 Å². The van der Waals surface area contributed by atoms with E-state index >= 15 is 0 Å². The SMILES string of the molecule is CN(C)CCNc1ccnc2[nH]cc(-c3ccnc(N)n3)c12. The molecule has 3 aromatic heterocycles. The predicted octanol–water partition coefficient (Wildman–Crippen LogP) is 1.58. The van der Waals surface area contributed by atoms with Gasteiger partial charge >= 0.3 is 0 Å². The second-order valence-electron chi connectivity index (χ2n) is 5.31. The average Bonchev–Trinajstić information content (AvgIpc) is 2.92. The molecule has 7 heteroatoms. The van der Waals surface area contributed by atoms with Gasteiger partial charge in [-0.3, -0.25) is 0 Å². The topological polar surface area (TPSA) is 95.8 Å². The third kappa shape index (κ3) is 2.84. The number of rotatable bonds is 5. The van der Waals surface area contributed by atoms with Crippen LogP contribution in [0.1, 0.15) is 0 Å². The summed E-state index contributed by atoms with van der Waals surface area (Å²) in [7, 11) is 4.10. The first-order valence-corrected chi connectivity index (χ1v) is 7.09. The number of fused-ring (bicyclic) bond motifs is 1. The Morgan fingerprint density at radius 1 is 1.23 bits per heavy atom. The van der Waals surface area contributed by atoms with Gasteiger partial charge in [0.15, 0.2) is 0 Å². The number of H-pyrrole nitrogens is 1. The standard InChI is InChI=1S/C15H19N7/c1-22(2)8-7-17-12-4-5-18-14-13(12)10(9-20-14)11-3-6-19-15(16)21-11/h3-6,9H,7-8H2,1-2H3,(H2,16,19,21)(H2,17,18,20). The second-order valence-corrected chi connectivity index (χ2v) is 5.31. The largest absolute Gasteiger partial charge is 0.383 e. The number of nitrogens with two attached hydrogens (primary N) is 1. The van der Waals surface area contributed by atoms with E-state index in [1.54, 1.807) is 12.4 Å². The first kappa shape index (κ1) is 14.3. The van der Waals surface area contributed by atoms with Crippen molar-refractivity contribution in [3.8, 4) is 11.3 Å². The molecule has 0 unspecified atom stereocenters. The molecule has 114 valence electrons. The van der Waals surface area contributed by atoms with Crippen molar-refractivity contribution in [1.82, 2.24) is 24.8 Å². The Hall–Kier alpha value is -2.67. The smallest absolute Gasteiger partial charge is 0.220 e. The van der Waals surface area contributed by atoms with Crippen LogP contribution in [0.2, 0.25) is 0 Å². The van der Waals surface area contributed by atoms with Gasteiger partial charge in [-0.2, -0.15) is 0 Å². The number of anilines is 2. The molecule has 0 bridgehead atoms. The van der Waals surface area contributed by atoms with Crippen molar-refractivity contribution in [2.75, 3.05) is 38.2 Å². The second kappa shape index (κ2) is 5.98. The summed E-state index contributed by atoms with van der Waals surface area (Å²) in [5.41, 5.74) is 9.28. The molecule has 0 spiro atoms. The number of hydrogen-bond acceptors (Lipinski definition) is 6. The van der Waals surface area contributed by atoms with Crippen LogP contribution in [0.25, 0.3) is 22.3 Å². The maximum atomic E-state index is 5.69. The lowest BCUT2D eigenvalue weighted by atomic mass is 10.1. The number of nitrogens with zero attached hydrogens (tertiary/aromatic N) is 4. The molecule has 0 atom stereocenters. The number of pyridine rings is 1. The van der Waals surface area contributed by atoms with Crippen LogP contribution in [0.4, 0.5) is 11.6 Å². The lowest BCUT2D eigenvalue weighted by Gasteiger charge is -2.12.